The first-order chi connectivity index (χ1) is 7.63. The Morgan fingerprint density at radius 1 is 1.56 bits per heavy atom. The molecule has 0 radical (unpaired) electrons. The fraction of sp³-hybridized carbons (Fsp3) is 0.333. The fourth-order valence-electron chi connectivity index (χ4n) is 1.80. The molecule has 0 spiro atoms. The zero-order chi connectivity index (χ0) is 11.8. The quantitative estimate of drug-likeness (QED) is 0.443. The summed E-state index contributed by atoms with van der Waals surface area (Å²) in [5.74, 6) is 3.33. The maximum Gasteiger partial charge on any atom is 0.270 e. The number of hydrogen-bond donors (Lipinski definition) is 0. The Labute approximate surface area is 93.4 Å². The van der Waals surface area contributed by atoms with Gasteiger partial charge in [0.15, 0.2) is 0 Å². The molecule has 0 heterocycles. The van der Waals surface area contributed by atoms with Gasteiger partial charge in [-0.05, 0) is 18.9 Å². The average molecular weight is 217 g/mol. The molecule has 2 rings (SSSR count). The predicted octanol–water partition coefficient (Wildman–Crippen LogP) is 2.27. The highest BCUT2D eigenvalue weighted by Crippen LogP contribution is 2.51. The standard InChI is InChI=1S/C12H11NO3/c1-3-12(6-7-12)10-8-9(13(14)15)4-5-11(10)16-2/h1,4-5,8H,6-7H2,2H3. The molecule has 1 aromatic rings. The van der Waals surface area contributed by atoms with Crippen LogP contribution in [0.5, 0.6) is 5.75 Å². The smallest absolute Gasteiger partial charge is 0.270 e. The van der Waals surface area contributed by atoms with Crippen molar-refractivity contribution in [2.24, 2.45) is 0 Å². The van der Waals surface area contributed by atoms with E-state index < -0.39 is 4.92 Å². The lowest BCUT2D eigenvalue weighted by molar-refractivity contribution is -0.385. The first-order valence-corrected chi connectivity index (χ1v) is 4.93. The SMILES string of the molecule is C#CC1(c2cc([N+](=O)[O-])ccc2OC)CC1. The second-order valence-electron chi connectivity index (χ2n) is 3.87. The molecule has 0 atom stereocenters. The van der Waals surface area contributed by atoms with Gasteiger partial charge in [-0.3, -0.25) is 10.1 Å². The van der Waals surface area contributed by atoms with Crippen molar-refractivity contribution in [3.05, 3.63) is 33.9 Å². The summed E-state index contributed by atoms with van der Waals surface area (Å²) in [4.78, 5) is 10.3. The molecule has 0 unspecified atom stereocenters. The van der Waals surface area contributed by atoms with Crippen molar-refractivity contribution >= 4 is 5.69 Å². The summed E-state index contributed by atoms with van der Waals surface area (Å²) >= 11 is 0. The highest BCUT2D eigenvalue weighted by molar-refractivity contribution is 5.53. The molecule has 82 valence electrons. The van der Waals surface area contributed by atoms with Gasteiger partial charge in [-0.1, -0.05) is 5.92 Å². The number of terminal acetylenes is 1. The second kappa shape index (κ2) is 3.53. The van der Waals surface area contributed by atoms with Gasteiger partial charge in [0.1, 0.15) is 5.75 Å². The maximum atomic E-state index is 10.7. The van der Waals surface area contributed by atoms with Crippen LogP contribution >= 0.6 is 0 Å². The Bertz CT molecular complexity index is 484. The minimum absolute atomic E-state index is 0.0531. The largest absolute Gasteiger partial charge is 0.496 e. The lowest BCUT2D eigenvalue weighted by Gasteiger charge is -2.12. The molecular formula is C12H11NO3. The van der Waals surface area contributed by atoms with E-state index in [-0.39, 0.29) is 11.1 Å². The number of nitrogens with zero attached hydrogens (tertiary/aromatic N) is 1. The van der Waals surface area contributed by atoms with Crippen LogP contribution in [0.2, 0.25) is 0 Å². The molecule has 16 heavy (non-hydrogen) atoms. The van der Waals surface area contributed by atoms with Gasteiger partial charge in [-0.15, -0.1) is 6.42 Å². The monoisotopic (exact) mass is 217 g/mol. The molecule has 0 bridgehead atoms. The van der Waals surface area contributed by atoms with Crippen LogP contribution in [-0.2, 0) is 5.41 Å². The third kappa shape index (κ3) is 1.50. The van der Waals surface area contributed by atoms with E-state index in [1.54, 1.807) is 6.07 Å². The maximum absolute atomic E-state index is 10.7. The number of non-ortho nitro benzene ring substituents is 1. The van der Waals surface area contributed by atoms with E-state index in [1.165, 1.54) is 19.2 Å². The zero-order valence-electron chi connectivity index (χ0n) is 8.90. The van der Waals surface area contributed by atoms with Gasteiger partial charge in [-0.2, -0.15) is 0 Å². The molecule has 0 aromatic heterocycles. The van der Waals surface area contributed by atoms with Crippen LogP contribution in [0, 0.1) is 22.5 Å². The summed E-state index contributed by atoms with van der Waals surface area (Å²) in [5.41, 5.74) is 0.459. The number of methoxy groups -OCH3 is 1. The Hall–Kier alpha value is -2.02. The summed E-state index contributed by atoms with van der Waals surface area (Å²) in [6.45, 7) is 0. The number of benzene rings is 1. The topological polar surface area (TPSA) is 52.4 Å². The summed E-state index contributed by atoms with van der Waals surface area (Å²) in [7, 11) is 1.54. The molecular weight excluding hydrogens is 206 g/mol. The van der Waals surface area contributed by atoms with Gasteiger partial charge >= 0.3 is 0 Å². The molecule has 4 heteroatoms. The fourth-order valence-corrected chi connectivity index (χ4v) is 1.80. The lowest BCUT2D eigenvalue weighted by Crippen LogP contribution is -2.06. The van der Waals surface area contributed by atoms with E-state index in [9.17, 15) is 10.1 Å². The van der Waals surface area contributed by atoms with Crippen LogP contribution in [0.1, 0.15) is 18.4 Å². The first-order valence-electron chi connectivity index (χ1n) is 4.93. The zero-order valence-corrected chi connectivity index (χ0v) is 8.90. The van der Waals surface area contributed by atoms with Crippen molar-refractivity contribution in [3.8, 4) is 18.1 Å². The van der Waals surface area contributed by atoms with Crippen LogP contribution < -0.4 is 4.74 Å². The van der Waals surface area contributed by atoms with Gasteiger partial charge in [0, 0.05) is 17.7 Å². The van der Waals surface area contributed by atoms with Gasteiger partial charge in [0.2, 0.25) is 0 Å². The van der Waals surface area contributed by atoms with Crippen LogP contribution in [0.25, 0.3) is 0 Å². The summed E-state index contributed by atoms with van der Waals surface area (Å²) < 4.78 is 5.19. The molecule has 1 aliphatic rings. The second-order valence-corrected chi connectivity index (χ2v) is 3.87. The highest BCUT2D eigenvalue weighted by atomic mass is 16.6. The van der Waals surface area contributed by atoms with Gasteiger partial charge < -0.3 is 4.74 Å². The van der Waals surface area contributed by atoms with Crippen LogP contribution in [-0.4, -0.2) is 12.0 Å². The van der Waals surface area contributed by atoms with E-state index in [0.29, 0.717) is 5.75 Å². The molecule has 1 aromatic carbocycles. The van der Waals surface area contributed by atoms with Gasteiger partial charge in [-0.25, -0.2) is 0 Å². The Morgan fingerprint density at radius 3 is 2.69 bits per heavy atom. The Kier molecular flexibility index (Phi) is 2.31. The van der Waals surface area contributed by atoms with Crippen LogP contribution in [0.15, 0.2) is 18.2 Å². The van der Waals surface area contributed by atoms with E-state index in [4.69, 9.17) is 11.2 Å². The minimum Gasteiger partial charge on any atom is -0.496 e. The summed E-state index contributed by atoms with van der Waals surface area (Å²) in [5, 5.41) is 10.7. The first kappa shape index (κ1) is 10.5. The Morgan fingerprint density at radius 2 is 2.25 bits per heavy atom. The number of rotatable bonds is 3. The summed E-state index contributed by atoms with van der Waals surface area (Å²) in [6.07, 6.45) is 7.20. The van der Waals surface area contributed by atoms with Gasteiger partial charge in [0.05, 0.1) is 17.4 Å². The van der Waals surface area contributed by atoms with Crippen molar-refractivity contribution in [1.82, 2.24) is 0 Å². The summed E-state index contributed by atoms with van der Waals surface area (Å²) in [6, 6.07) is 4.55. The van der Waals surface area contributed by atoms with Crippen molar-refractivity contribution in [1.29, 1.82) is 0 Å². The third-order valence-electron chi connectivity index (χ3n) is 2.94. The van der Waals surface area contributed by atoms with E-state index >= 15 is 0 Å². The molecule has 1 fully saturated rings. The van der Waals surface area contributed by atoms with Crippen molar-refractivity contribution in [2.75, 3.05) is 7.11 Å². The molecule has 1 saturated carbocycles. The third-order valence-corrected chi connectivity index (χ3v) is 2.94. The minimum atomic E-state index is -0.421. The molecule has 4 nitrogen and oxygen atoms in total. The number of hydrogen-bond acceptors (Lipinski definition) is 3. The molecule has 1 aliphatic carbocycles. The molecule has 0 saturated heterocycles. The van der Waals surface area contributed by atoms with Crippen molar-refractivity contribution < 1.29 is 9.66 Å². The number of ether oxygens (including phenoxy) is 1. The van der Waals surface area contributed by atoms with E-state index in [1.807, 2.05) is 0 Å². The number of nitro groups is 1. The Balaban J connectivity index is 2.53. The van der Waals surface area contributed by atoms with E-state index in [2.05, 4.69) is 5.92 Å². The molecule has 0 amide bonds. The average Bonchev–Trinajstić information content (AvgIpc) is 3.09. The predicted molar refractivity (Wildman–Crippen MR) is 59.4 cm³/mol. The molecule has 0 aliphatic heterocycles. The van der Waals surface area contributed by atoms with Crippen molar-refractivity contribution in [2.45, 2.75) is 18.3 Å². The highest BCUT2D eigenvalue weighted by Gasteiger charge is 2.45. The van der Waals surface area contributed by atoms with Crippen LogP contribution in [0.4, 0.5) is 5.69 Å². The van der Waals surface area contributed by atoms with Gasteiger partial charge in [0.25, 0.3) is 5.69 Å². The lowest BCUT2D eigenvalue weighted by atomic mass is 9.95. The normalized spacial score (nSPS) is 16.2. The van der Waals surface area contributed by atoms with E-state index in [0.717, 1.165) is 18.4 Å². The molecule has 0 N–H and O–H groups in total. The van der Waals surface area contributed by atoms with Crippen molar-refractivity contribution in [3.63, 3.8) is 0 Å². The van der Waals surface area contributed by atoms with Crippen LogP contribution in [0.3, 0.4) is 0 Å². The number of nitro benzene ring substituents is 1.